The average molecular weight is 310 g/mol. The van der Waals surface area contributed by atoms with Gasteiger partial charge in [0.15, 0.2) is 0 Å². The minimum Gasteiger partial charge on any atom is -0.369 e. The summed E-state index contributed by atoms with van der Waals surface area (Å²) < 4.78 is 0. The van der Waals surface area contributed by atoms with Gasteiger partial charge in [0.1, 0.15) is 0 Å². The maximum Gasteiger partial charge on any atom is 0.0471 e. The highest BCUT2D eigenvalue weighted by atomic mass is 35.5. The van der Waals surface area contributed by atoms with E-state index >= 15 is 0 Å². The van der Waals surface area contributed by atoms with E-state index in [1.807, 2.05) is 0 Å². The molecule has 0 bridgehead atoms. The summed E-state index contributed by atoms with van der Waals surface area (Å²) in [6, 6.07) is 6.48. The van der Waals surface area contributed by atoms with Crippen LogP contribution in [0.25, 0.3) is 0 Å². The van der Waals surface area contributed by atoms with Gasteiger partial charge in [-0.2, -0.15) is 0 Å². The van der Waals surface area contributed by atoms with E-state index in [1.54, 1.807) is 0 Å². The molecule has 1 aliphatic rings. The summed E-state index contributed by atoms with van der Waals surface area (Å²) in [5.74, 6) is 0.747. The van der Waals surface area contributed by atoms with Crippen LogP contribution >= 0.6 is 11.6 Å². The van der Waals surface area contributed by atoms with Crippen LogP contribution in [0.15, 0.2) is 18.2 Å². The van der Waals surface area contributed by atoms with Crippen LogP contribution in [0.1, 0.15) is 26.3 Å². The van der Waals surface area contributed by atoms with E-state index in [4.69, 9.17) is 11.6 Å². The van der Waals surface area contributed by atoms with E-state index in [-0.39, 0.29) is 0 Å². The largest absolute Gasteiger partial charge is 0.369 e. The monoisotopic (exact) mass is 309 g/mol. The van der Waals surface area contributed by atoms with Gasteiger partial charge in [0.05, 0.1) is 0 Å². The van der Waals surface area contributed by atoms with Gasteiger partial charge in [-0.1, -0.05) is 38.4 Å². The molecular weight excluding hydrogens is 282 g/mol. The van der Waals surface area contributed by atoms with E-state index in [0.29, 0.717) is 0 Å². The summed E-state index contributed by atoms with van der Waals surface area (Å²) >= 11 is 6.40. The minimum absolute atomic E-state index is 0.747. The van der Waals surface area contributed by atoms with Gasteiger partial charge in [0.25, 0.3) is 0 Å². The lowest BCUT2D eigenvalue weighted by Crippen LogP contribution is -2.47. The van der Waals surface area contributed by atoms with Gasteiger partial charge in [-0.3, -0.25) is 4.90 Å². The second-order valence-electron chi connectivity index (χ2n) is 6.24. The third kappa shape index (κ3) is 4.87. The molecule has 4 heteroatoms. The van der Waals surface area contributed by atoms with Crippen molar-refractivity contribution < 1.29 is 0 Å². The average Bonchev–Trinajstić information content (AvgIpc) is 2.46. The molecule has 0 spiro atoms. The van der Waals surface area contributed by atoms with Crippen molar-refractivity contribution >= 4 is 17.3 Å². The Kier molecular flexibility index (Phi) is 6.34. The quantitative estimate of drug-likeness (QED) is 0.870. The van der Waals surface area contributed by atoms with Crippen molar-refractivity contribution in [3.8, 4) is 0 Å². The van der Waals surface area contributed by atoms with Crippen molar-refractivity contribution in [1.29, 1.82) is 0 Å². The van der Waals surface area contributed by atoms with Gasteiger partial charge in [0.2, 0.25) is 0 Å². The van der Waals surface area contributed by atoms with E-state index < -0.39 is 0 Å². The number of hydrogen-bond acceptors (Lipinski definition) is 3. The molecule has 21 heavy (non-hydrogen) atoms. The van der Waals surface area contributed by atoms with E-state index in [2.05, 4.69) is 54.1 Å². The Morgan fingerprint density at radius 3 is 2.48 bits per heavy atom. The Morgan fingerprint density at radius 1 is 1.19 bits per heavy atom. The van der Waals surface area contributed by atoms with Crippen molar-refractivity contribution in [2.24, 2.45) is 5.92 Å². The highest BCUT2D eigenvalue weighted by Crippen LogP contribution is 2.24. The number of benzene rings is 1. The number of nitrogens with one attached hydrogen (secondary N) is 1. The van der Waals surface area contributed by atoms with Crippen molar-refractivity contribution in [2.75, 3.05) is 44.2 Å². The normalized spacial score (nSPS) is 16.7. The van der Waals surface area contributed by atoms with Gasteiger partial charge in [0, 0.05) is 50.0 Å². The Bertz CT molecular complexity index is 440. The lowest BCUT2D eigenvalue weighted by atomic mass is 10.1. The maximum absolute atomic E-state index is 6.40. The van der Waals surface area contributed by atoms with Crippen molar-refractivity contribution in [1.82, 2.24) is 10.2 Å². The summed E-state index contributed by atoms with van der Waals surface area (Å²) in [7, 11) is 0. The van der Waals surface area contributed by atoms with Crippen molar-refractivity contribution in [2.45, 2.75) is 27.3 Å². The lowest BCUT2D eigenvalue weighted by molar-refractivity contribution is 0.231. The van der Waals surface area contributed by atoms with E-state index in [9.17, 15) is 0 Å². The molecule has 0 saturated carbocycles. The Hall–Kier alpha value is -0.770. The first kappa shape index (κ1) is 16.6. The standard InChI is InChI=1S/C17H28ClN3/c1-4-19-12-15-5-6-16(11-17(15)18)21-9-7-20(8-10-21)13-14(2)3/h5-6,11,14,19H,4,7-10,12-13H2,1-3H3. The predicted molar refractivity (Wildman–Crippen MR) is 92.3 cm³/mol. The molecule has 0 radical (unpaired) electrons. The fourth-order valence-corrected chi connectivity index (χ4v) is 3.08. The molecule has 0 aliphatic carbocycles. The number of hydrogen-bond donors (Lipinski definition) is 1. The molecule has 118 valence electrons. The Balaban J connectivity index is 1.92. The topological polar surface area (TPSA) is 18.5 Å². The second-order valence-corrected chi connectivity index (χ2v) is 6.64. The molecule has 1 saturated heterocycles. The van der Waals surface area contributed by atoms with Gasteiger partial charge in [-0.25, -0.2) is 0 Å². The third-order valence-corrected chi connectivity index (χ3v) is 4.31. The molecule has 1 fully saturated rings. The summed E-state index contributed by atoms with van der Waals surface area (Å²) in [5.41, 5.74) is 2.44. The van der Waals surface area contributed by atoms with Gasteiger partial charge in [-0.05, 0) is 30.2 Å². The van der Waals surface area contributed by atoms with Crippen LogP contribution in [0.2, 0.25) is 5.02 Å². The zero-order valence-corrected chi connectivity index (χ0v) is 14.3. The molecule has 2 rings (SSSR count). The first-order chi connectivity index (χ1) is 10.1. The molecule has 1 heterocycles. The van der Waals surface area contributed by atoms with Crippen LogP contribution in [-0.4, -0.2) is 44.2 Å². The van der Waals surface area contributed by atoms with Gasteiger partial charge < -0.3 is 10.2 Å². The molecule has 1 aromatic rings. The zero-order chi connectivity index (χ0) is 15.2. The minimum atomic E-state index is 0.747. The molecule has 1 aliphatic heterocycles. The summed E-state index contributed by atoms with van der Waals surface area (Å²) in [5, 5.41) is 4.20. The maximum atomic E-state index is 6.40. The first-order valence-electron chi connectivity index (χ1n) is 8.06. The van der Waals surface area contributed by atoms with Crippen LogP contribution in [0.3, 0.4) is 0 Å². The van der Waals surface area contributed by atoms with Crippen molar-refractivity contribution in [3.63, 3.8) is 0 Å². The highest BCUT2D eigenvalue weighted by molar-refractivity contribution is 6.31. The van der Waals surface area contributed by atoms with Crippen LogP contribution in [0.5, 0.6) is 0 Å². The smallest absolute Gasteiger partial charge is 0.0471 e. The van der Waals surface area contributed by atoms with Crippen molar-refractivity contribution in [3.05, 3.63) is 28.8 Å². The molecule has 1 aromatic carbocycles. The highest BCUT2D eigenvalue weighted by Gasteiger charge is 2.18. The molecule has 1 N–H and O–H groups in total. The van der Waals surface area contributed by atoms with Gasteiger partial charge in [-0.15, -0.1) is 0 Å². The SMILES string of the molecule is CCNCc1ccc(N2CCN(CC(C)C)CC2)cc1Cl. The first-order valence-corrected chi connectivity index (χ1v) is 8.44. The van der Waals surface area contributed by atoms with E-state index in [1.165, 1.54) is 17.8 Å². The number of anilines is 1. The second kappa shape index (κ2) is 8.02. The molecular formula is C17H28ClN3. The van der Waals surface area contributed by atoms with Crippen LogP contribution in [0.4, 0.5) is 5.69 Å². The summed E-state index contributed by atoms with van der Waals surface area (Å²) in [6.07, 6.45) is 0. The number of halogens is 1. The number of piperazine rings is 1. The predicted octanol–water partition coefficient (Wildman–Crippen LogP) is 3.23. The number of rotatable bonds is 6. The summed E-state index contributed by atoms with van der Waals surface area (Å²) in [6.45, 7) is 14.2. The van der Waals surface area contributed by atoms with Gasteiger partial charge >= 0.3 is 0 Å². The van der Waals surface area contributed by atoms with Crippen LogP contribution < -0.4 is 10.2 Å². The Morgan fingerprint density at radius 2 is 1.90 bits per heavy atom. The van der Waals surface area contributed by atoms with E-state index in [0.717, 1.165) is 50.2 Å². The third-order valence-electron chi connectivity index (χ3n) is 3.96. The fraction of sp³-hybridized carbons (Fsp3) is 0.647. The zero-order valence-electron chi connectivity index (χ0n) is 13.5. The van der Waals surface area contributed by atoms with Crippen LogP contribution in [0, 0.1) is 5.92 Å². The molecule has 3 nitrogen and oxygen atoms in total. The molecule has 0 aromatic heterocycles. The molecule has 0 amide bonds. The van der Waals surface area contributed by atoms with Crippen LogP contribution in [-0.2, 0) is 6.54 Å². The molecule has 0 atom stereocenters. The summed E-state index contributed by atoms with van der Waals surface area (Å²) in [4.78, 5) is 5.00. The number of nitrogens with zero attached hydrogens (tertiary/aromatic N) is 2. The Labute approximate surface area is 134 Å². The fourth-order valence-electron chi connectivity index (χ4n) is 2.84. The molecule has 0 unspecified atom stereocenters. The lowest BCUT2D eigenvalue weighted by Gasteiger charge is -2.37.